The SMILES string of the molecule is Cc1ccc(SCCCOc2ccc(C(C)C)c(C(C)C)c2)cc1. The highest BCUT2D eigenvalue weighted by atomic mass is 32.2. The van der Waals surface area contributed by atoms with Crippen molar-refractivity contribution in [2.75, 3.05) is 12.4 Å². The molecule has 0 saturated carbocycles. The van der Waals surface area contributed by atoms with Crippen LogP contribution in [-0.2, 0) is 0 Å². The summed E-state index contributed by atoms with van der Waals surface area (Å²) in [7, 11) is 0. The second-order valence-electron chi connectivity index (χ2n) is 6.96. The van der Waals surface area contributed by atoms with E-state index >= 15 is 0 Å². The van der Waals surface area contributed by atoms with Crippen LogP contribution in [0.2, 0.25) is 0 Å². The third-order valence-corrected chi connectivity index (χ3v) is 5.25. The van der Waals surface area contributed by atoms with E-state index in [2.05, 4.69) is 77.1 Å². The summed E-state index contributed by atoms with van der Waals surface area (Å²) in [6, 6.07) is 15.3. The lowest BCUT2D eigenvalue weighted by Gasteiger charge is -2.17. The van der Waals surface area contributed by atoms with Crippen LogP contribution in [0.5, 0.6) is 5.75 Å². The van der Waals surface area contributed by atoms with Crippen molar-refractivity contribution in [1.82, 2.24) is 0 Å². The number of thioether (sulfide) groups is 1. The van der Waals surface area contributed by atoms with Crippen molar-refractivity contribution in [3.63, 3.8) is 0 Å². The van der Waals surface area contributed by atoms with E-state index in [0.717, 1.165) is 24.5 Å². The Bertz CT molecular complexity index is 629. The summed E-state index contributed by atoms with van der Waals surface area (Å²) in [5.41, 5.74) is 4.16. The van der Waals surface area contributed by atoms with Gasteiger partial charge in [-0.05, 0) is 60.6 Å². The molecular weight excluding hydrogens is 312 g/mol. The zero-order valence-electron chi connectivity index (χ0n) is 15.6. The summed E-state index contributed by atoms with van der Waals surface area (Å²) in [4.78, 5) is 1.34. The molecule has 0 aliphatic carbocycles. The number of hydrogen-bond acceptors (Lipinski definition) is 2. The number of benzene rings is 2. The van der Waals surface area contributed by atoms with Gasteiger partial charge in [-0.15, -0.1) is 11.8 Å². The molecule has 0 fully saturated rings. The lowest BCUT2D eigenvalue weighted by Crippen LogP contribution is -2.02. The summed E-state index contributed by atoms with van der Waals surface area (Å²) in [5.74, 6) is 3.18. The first-order valence-corrected chi connectivity index (χ1v) is 9.92. The van der Waals surface area contributed by atoms with Crippen LogP contribution >= 0.6 is 11.8 Å². The molecule has 0 radical (unpaired) electrons. The summed E-state index contributed by atoms with van der Waals surface area (Å²) in [6.07, 6.45) is 1.06. The number of ether oxygens (including phenoxy) is 1. The third kappa shape index (κ3) is 5.59. The standard InChI is InChI=1S/C22H30OS/c1-16(2)21-12-9-19(15-22(21)17(3)4)23-13-6-14-24-20-10-7-18(5)8-11-20/h7-12,15-17H,6,13-14H2,1-5H3. The number of hydrogen-bond donors (Lipinski definition) is 0. The molecule has 2 aromatic rings. The lowest BCUT2D eigenvalue weighted by atomic mass is 9.90. The first-order valence-electron chi connectivity index (χ1n) is 8.93. The average molecular weight is 343 g/mol. The topological polar surface area (TPSA) is 9.23 Å². The smallest absolute Gasteiger partial charge is 0.119 e. The Balaban J connectivity index is 1.81. The zero-order chi connectivity index (χ0) is 17.5. The van der Waals surface area contributed by atoms with Gasteiger partial charge in [-0.25, -0.2) is 0 Å². The maximum absolute atomic E-state index is 5.98. The molecule has 0 bridgehead atoms. The van der Waals surface area contributed by atoms with E-state index in [1.54, 1.807) is 0 Å². The van der Waals surface area contributed by atoms with Crippen molar-refractivity contribution >= 4 is 11.8 Å². The van der Waals surface area contributed by atoms with Crippen LogP contribution in [0.15, 0.2) is 47.4 Å². The van der Waals surface area contributed by atoms with Crippen molar-refractivity contribution in [1.29, 1.82) is 0 Å². The maximum atomic E-state index is 5.98. The van der Waals surface area contributed by atoms with Gasteiger partial charge in [0.25, 0.3) is 0 Å². The fraction of sp³-hybridized carbons (Fsp3) is 0.455. The van der Waals surface area contributed by atoms with Crippen LogP contribution in [-0.4, -0.2) is 12.4 Å². The molecule has 2 aromatic carbocycles. The zero-order valence-corrected chi connectivity index (χ0v) is 16.5. The van der Waals surface area contributed by atoms with Crippen LogP contribution in [0.1, 0.15) is 62.6 Å². The third-order valence-electron chi connectivity index (χ3n) is 4.15. The average Bonchev–Trinajstić information content (AvgIpc) is 2.56. The lowest BCUT2D eigenvalue weighted by molar-refractivity contribution is 0.318. The second kappa shape index (κ2) is 9.17. The van der Waals surface area contributed by atoms with Gasteiger partial charge in [0.1, 0.15) is 5.75 Å². The summed E-state index contributed by atoms with van der Waals surface area (Å²) < 4.78 is 5.98. The highest BCUT2D eigenvalue weighted by Crippen LogP contribution is 2.29. The van der Waals surface area contributed by atoms with Crippen LogP contribution in [0, 0.1) is 6.92 Å². The molecule has 0 saturated heterocycles. The van der Waals surface area contributed by atoms with Gasteiger partial charge in [0, 0.05) is 10.6 Å². The molecule has 0 spiro atoms. The van der Waals surface area contributed by atoms with Crippen molar-refractivity contribution in [3.05, 3.63) is 59.2 Å². The molecule has 0 aliphatic heterocycles. The minimum atomic E-state index is 0.531. The molecule has 0 amide bonds. The van der Waals surface area contributed by atoms with Crippen LogP contribution in [0.25, 0.3) is 0 Å². The van der Waals surface area contributed by atoms with Crippen LogP contribution in [0.4, 0.5) is 0 Å². The Hall–Kier alpha value is -1.41. The van der Waals surface area contributed by atoms with Crippen molar-refractivity contribution in [3.8, 4) is 5.75 Å². The highest BCUT2D eigenvalue weighted by Gasteiger charge is 2.11. The van der Waals surface area contributed by atoms with Gasteiger partial charge in [0.15, 0.2) is 0 Å². The summed E-state index contributed by atoms with van der Waals surface area (Å²) >= 11 is 1.90. The Morgan fingerprint density at radius 2 is 1.54 bits per heavy atom. The second-order valence-corrected chi connectivity index (χ2v) is 8.13. The Labute approximate surface area is 151 Å². The van der Waals surface area contributed by atoms with Gasteiger partial charge >= 0.3 is 0 Å². The van der Waals surface area contributed by atoms with E-state index in [4.69, 9.17) is 4.74 Å². The predicted molar refractivity (Wildman–Crippen MR) is 107 cm³/mol. The van der Waals surface area contributed by atoms with Crippen molar-refractivity contribution in [2.45, 2.75) is 57.8 Å². The molecule has 2 heteroatoms. The largest absolute Gasteiger partial charge is 0.494 e. The predicted octanol–water partition coefficient (Wildman–Crippen LogP) is 6.80. The van der Waals surface area contributed by atoms with E-state index < -0.39 is 0 Å². The monoisotopic (exact) mass is 342 g/mol. The molecule has 24 heavy (non-hydrogen) atoms. The summed E-state index contributed by atoms with van der Waals surface area (Å²) in [6.45, 7) is 11.9. The maximum Gasteiger partial charge on any atom is 0.119 e. The molecular formula is C22H30OS. The van der Waals surface area contributed by atoms with E-state index in [-0.39, 0.29) is 0 Å². The summed E-state index contributed by atoms with van der Waals surface area (Å²) in [5, 5.41) is 0. The quantitative estimate of drug-likeness (QED) is 0.385. The normalized spacial score (nSPS) is 11.3. The van der Waals surface area contributed by atoms with E-state index in [0.29, 0.717) is 11.8 Å². The van der Waals surface area contributed by atoms with Gasteiger partial charge in [-0.1, -0.05) is 51.5 Å². The molecule has 130 valence electrons. The van der Waals surface area contributed by atoms with E-state index in [1.165, 1.54) is 21.6 Å². The fourth-order valence-electron chi connectivity index (χ4n) is 2.74. The Kier molecular flexibility index (Phi) is 7.23. The van der Waals surface area contributed by atoms with Crippen LogP contribution < -0.4 is 4.74 Å². The fourth-order valence-corrected chi connectivity index (χ4v) is 3.57. The molecule has 0 aromatic heterocycles. The van der Waals surface area contributed by atoms with Crippen molar-refractivity contribution < 1.29 is 4.74 Å². The van der Waals surface area contributed by atoms with Gasteiger partial charge < -0.3 is 4.74 Å². The number of aryl methyl sites for hydroxylation is 1. The first kappa shape index (κ1) is 18.9. The Morgan fingerprint density at radius 1 is 0.875 bits per heavy atom. The minimum Gasteiger partial charge on any atom is -0.494 e. The van der Waals surface area contributed by atoms with E-state index in [9.17, 15) is 0 Å². The molecule has 2 rings (SSSR count). The Morgan fingerprint density at radius 3 is 2.17 bits per heavy atom. The first-order chi connectivity index (χ1) is 11.5. The molecule has 0 atom stereocenters. The van der Waals surface area contributed by atoms with Crippen molar-refractivity contribution in [2.24, 2.45) is 0 Å². The van der Waals surface area contributed by atoms with Gasteiger partial charge in [-0.2, -0.15) is 0 Å². The van der Waals surface area contributed by atoms with Gasteiger partial charge in [0.05, 0.1) is 6.61 Å². The number of rotatable bonds is 8. The van der Waals surface area contributed by atoms with Gasteiger partial charge in [-0.3, -0.25) is 0 Å². The molecule has 0 N–H and O–H groups in total. The molecule has 0 unspecified atom stereocenters. The molecule has 1 nitrogen and oxygen atoms in total. The van der Waals surface area contributed by atoms with Crippen LogP contribution in [0.3, 0.4) is 0 Å². The minimum absolute atomic E-state index is 0.531. The highest BCUT2D eigenvalue weighted by molar-refractivity contribution is 7.99. The molecule has 0 heterocycles. The van der Waals surface area contributed by atoms with E-state index in [1.807, 2.05) is 11.8 Å². The molecule has 0 aliphatic rings. The van der Waals surface area contributed by atoms with Gasteiger partial charge in [0.2, 0.25) is 0 Å².